The molecule has 1 aromatic rings. The molecule has 1 aliphatic heterocycles. The van der Waals surface area contributed by atoms with Crippen LogP contribution < -0.4 is 10.6 Å². The molecule has 1 aromatic heterocycles. The zero-order valence-electron chi connectivity index (χ0n) is 13.2. The molecule has 6 nitrogen and oxygen atoms in total. The van der Waals surface area contributed by atoms with Crippen molar-refractivity contribution in [2.45, 2.75) is 32.9 Å². The number of aromatic nitrogens is 1. The average molecular weight is 292 g/mol. The van der Waals surface area contributed by atoms with Gasteiger partial charge < -0.3 is 15.4 Å². The quantitative estimate of drug-likeness (QED) is 0.848. The molecule has 0 bridgehead atoms. The summed E-state index contributed by atoms with van der Waals surface area (Å²) in [5, 5.41) is 0. The number of rotatable bonds is 3. The molecule has 2 N–H and O–H groups in total. The van der Waals surface area contributed by atoms with E-state index in [4.69, 9.17) is 10.5 Å². The Bertz CT molecular complexity index is 508. The van der Waals surface area contributed by atoms with Gasteiger partial charge in [-0.1, -0.05) is 0 Å². The van der Waals surface area contributed by atoms with E-state index in [0.29, 0.717) is 29.9 Å². The average Bonchev–Trinajstić information content (AvgIpc) is 2.45. The van der Waals surface area contributed by atoms with Gasteiger partial charge in [-0.25, -0.2) is 9.78 Å². The fraction of sp³-hybridized carbons (Fsp3) is 0.600. The van der Waals surface area contributed by atoms with Crippen LogP contribution in [0.5, 0.6) is 0 Å². The smallest absolute Gasteiger partial charge is 0.340 e. The molecule has 0 saturated carbocycles. The number of nitrogens with two attached hydrogens (primary N) is 1. The van der Waals surface area contributed by atoms with Gasteiger partial charge in [0.1, 0.15) is 5.82 Å². The molecule has 116 valence electrons. The summed E-state index contributed by atoms with van der Waals surface area (Å²) >= 11 is 0. The van der Waals surface area contributed by atoms with Gasteiger partial charge in [0, 0.05) is 25.2 Å². The van der Waals surface area contributed by atoms with Crippen LogP contribution >= 0.6 is 0 Å². The maximum atomic E-state index is 11.9. The Morgan fingerprint density at radius 2 is 2.05 bits per heavy atom. The standard InChI is InChI=1S/C15H24N4O2/c1-5-21-15(20)12-6-14(17-7-13(12)16)19-8-10(2)18(4)11(3)9-19/h6-7,10-11H,5,8-9,16H2,1-4H3. The Hall–Kier alpha value is -1.82. The van der Waals surface area contributed by atoms with Gasteiger partial charge in [0.2, 0.25) is 0 Å². The summed E-state index contributed by atoms with van der Waals surface area (Å²) in [5.74, 6) is 0.382. The molecule has 2 heterocycles. The predicted molar refractivity (Wildman–Crippen MR) is 83.5 cm³/mol. The fourth-order valence-corrected chi connectivity index (χ4v) is 2.60. The Labute approximate surface area is 125 Å². The van der Waals surface area contributed by atoms with Crippen LogP contribution in [0.4, 0.5) is 11.5 Å². The predicted octanol–water partition coefficient (Wildman–Crippen LogP) is 1.37. The van der Waals surface area contributed by atoms with Crippen molar-refractivity contribution >= 4 is 17.5 Å². The molecule has 2 atom stereocenters. The number of anilines is 2. The van der Waals surface area contributed by atoms with E-state index >= 15 is 0 Å². The molecule has 1 saturated heterocycles. The Kier molecular flexibility index (Phi) is 4.67. The maximum absolute atomic E-state index is 11.9. The van der Waals surface area contributed by atoms with Crippen molar-refractivity contribution in [1.29, 1.82) is 0 Å². The molecule has 0 radical (unpaired) electrons. The number of carbonyl (C=O) groups excluding carboxylic acids is 1. The number of pyridine rings is 1. The number of hydrogen-bond donors (Lipinski definition) is 1. The Balaban J connectivity index is 2.24. The van der Waals surface area contributed by atoms with Gasteiger partial charge in [0.25, 0.3) is 0 Å². The highest BCUT2D eigenvalue weighted by Gasteiger charge is 2.27. The number of carbonyl (C=O) groups is 1. The minimum atomic E-state index is -0.395. The van der Waals surface area contributed by atoms with E-state index < -0.39 is 5.97 Å². The second-order valence-corrected chi connectivity index (χ2v) is 5.62. The van der Waals surface area contributed by atoms with Crippen LogP contribution in [0.2, 0.25) is 0 Å². The first-order chi connectivity index (χ1) is 9.93. The first-order valence-electron chi connectivity index (χ1n) is 7.33. The number of piperazine rings is 1. The molecule has 1 aliphatic rings. The van der Waals surface area contributed by atoms with Gasteiger partial charge in [-0.05, 0) is 33.9 Å². The lowest BCUT2D eigenvalue weighted by Gasteiger charge is -2.43. The van der Waals surface area contributed by atoms with Crippen molar-refractivity contribution in [3.05, 3.63) is 17.8 Å². The van der Waals surface area contributed by atoms with Crippen LogP contribution in [0.3, 0.4) is 0 Å². The van der Waals surface area contributed by atoms with Crippen molar-refractivity contribution in [2.24, 2.45) is 0 Å². The van der Waals surface area contributed by atoms with Crippen LogP contribution in [0.15, 0.2) is 12.3 Å². The minimum Gasteiger partial charge on any atom is -0.462 e. The third-order valence-electron chi connectivity index (χ3n) is 4.10. The second-order valence-electron chi connectivity index (χ2n) is 5.62. The van der Waals surface area contributed by atoms with Crippen molar-refractivity contribution in [3.63, 3.8) is 0 Å². The second kappa shape index (κ2) is 6.30. The summed E-state index contributed by atoms with van der Waals surface area (Å²) in [6, 6.07) is 2.59. The van der Waals surface area contributed by atoms with E-state index in [9.17, 15) is 4.79 Å². The third-order valence-corrected chi connectivity index (χ3v) is 4.10. The van der Waals surface area contributed by atoms with Crippen LogP contribution in [-0.4, -0.2) is 54.7 Å². The topological polar surface area (TPSA) is 71.7 Å². The molecule has 0 amide bonds. The lowest BCUT2D eigenvalue weighted by molar-refractivity contribution is 0.0527. The molecule has 0 aliphatic carbocycles. The van der Waals surface area contributed by atoms with Crippen molar-refractivity contribution in [3.8, 4) is 0 Å². The molecule has 21 heavy (non-hydrogen) atoms. The zero-order chi connectivity index (χ0) is 15.6. The lowest BCUT2D eigenvalue weighted by atomic mass is 10.1. The van der Waals surface area contributed by atoms with Crippen molar-refractivity contribution in [2.75, 3.05) is 37.4 Å². The number of hydrogen-bond acceptors (Lipinski definition) is 6. The van der Waals surface area contributed by atoms with E-state index in [0.717, 1.165) is 18.9 Å². The maximum Gasteiger partial charge on any atom is 0.340 e. The molecular weight excluding hydrogens is 268 g/mol. The summed E-state index contributed by atoms with van der Waals surface area (Å²) in [7, 11) is 2.13. The molecule has 0 spiro atoms. The summed E-state index contributed by atoms with van der Waals surface area (Å²) in [6.45, 7) is 8.23. The highest BCUT2D eigenvalue weighted by Crippen LogP contribution is 2.23. The Morgan fingerprint density at radius 3 is 2.62 bits per heavy atom. The molecule has 2 unspecified atom stereocenters. The van der Waals surface area contributed by atoms with Gasteiger partial charge >= 0.3 is 5.97 Å². The zero-order valence-corrected chi connectivity index (χ0v) is 13.2. The van der Waals surface area contributed by atoms with Gasteiger partial charge in [0.05, 0.1) is 24.1 Å². The van der Waals surface area contributed by atoms with Gasteiger partial charge in [-0.3, -0.25) is 4.90 Å². The highest BCUT2D eigenvalue weighted by atomic mass is 16.5. The normalized spacial score (nSPS) is 23.1. The van der Waals surface area contributed by atoms with E-state index in [1.807, 2.05) is 0 Å². The number of ether oxygens (including phenoxy) is 1. The fourth-order valence-electron chi connectivity index (χ4n) is 2.60. The Morgan fingerprint density at radius 1 is 1.43 bits per heavy atom. The monoisotopic (exact) mass is 292 g/mol. The number of nitrogen functional groups attached to an aromatic ring is 1. The lowest BCUT2D eigenvalue weighted by Crippen LogP contribution is -2.55. The molecule has 6 heteroatoms. The summed E-state index contributed by atoms with van der Waals surface area (Å²) in [4.78, 5) is 20.8. The van der Waals surface area contributed by atoms with Crippen LogP contribution in [0, 0.1) is 0 Å². The molecule has 2 rings (SSSR count). The minimum absolute atomic E-state index is 0.332. The SMILES string of the molecule is CCOC(=O)c1cc(N2CC(C)N(C)C(C)C2)ncc1N. The van der Waals surface area contributed by atoms with Crippen LogP contribution in [-0.2, 0) is 4.74 Å². The van der Waals surface area contributed by atoms with Crippen LogP contribution in [0.1, 0.15) is 31.1 Å². The van der Waals surface area contributed by atoms with E-state index in [1.165, 1.54) is 6.20 Å². The van der Waals surface area contributed by atoms with Gasteiger partial charge in [0.15, 0.2) is 0 Å². The molecule has 1 fully saturated rings. The highest BCUT2D eigenvalue weighted by molar-refractivity contribution is 5.95. The largest absolute Gasteiger partial charge is 0.462 e. The van der Waals surface area contributed by atoms with Gasteiger partial charge in [-0.2, -0.15) is 0 Å². The van der Waals surface area contributed by atoms with Crippen molar-refractivity contribution in [1.82, 2.24) is 9.88 Å². The number of nitrogens with zero attached hydrogens (tertiary/aromatic N) is 3. The first kappa shape index (κ1) is 15.6. The van der Waals surface area contributed by atoms with E-state index in [2.05, 4.69) is 35.7 Å². The summed E-state index contributed by atoms with van der Waals surface area (Å²) in [6.07, 6.45) is 1.54. The summed E-state index contributed by atoms with van der Waals surface area (Å²) in [5.41, 5.74) is 6.58. The van der Waals surface area contributed by atoms with Crippen molar-refractivity contribution < 1.29 is 9.53 Å². The van der Waals surface area contributed by atoms with E-state index in [-0.39, 0.29) is 0 Å². The van der Waals surface area contributed by atoms with Crippen LogP contribution in [0.25, 0.3) is 0 Å². The van der Waals surface area contributed by atoms with E-state index in [1.54, 1.807) is 13.0 Å². The van der Waals surface area contributed by atoms with Gasteiger partial charge in [-0.15, -0.1) is 0 Å². The molecule has 0 aromatic carbocycles. The third kappa shape index (κ3) is 3.26. The number of likely N-dealkylation sites (N-methyl/N-ethyl adjacent to an activating group) is 1. The summed E-state index contributed by atoms with van der Waals surface area (Å²) < 4.78 is 5.04. The number of esters is 1. The first-order valence-corrected chi connectivity index (χ1v) is 7.33. The molecular formula is C15H24N4O2.